The second-order valence-corrected chi connectivity index (χ2v) is 5.13. The largest absolute Gasteiger partial charge is 0.377 e. The molecule has 0 amide bonds. The zero-order chi connectivity index (χ0) is 10.5. The Morgan fingerprint density at radius 1 is 1.27 bits per heavy atom. The molecule has 15 heavy (non-hydrogen) atoms. The highest BCUT2D eigenvalue weighted by atomic mass is 16.5. The van der Waals surface area contributed by atoms with Crippen LogP contribution in [0, 0.1) is 5.92 Å². The van der Waals surface area contributed by atoms with E-state index in [9.17, 15) is 0 Å². The molecule has 0 aromatic heterocycles. The monoisotopic (exact) mass is 211 g/mol. The van der Waals surface area contributed by atoms with Gasteiger partial charge in [0.15, 0.2) is 0 Å². The van der Waals surface area contributed by atoms with E-state index < -0.39 is 0 Å². The summed E-state index contributed by atoms with van der Waals surface area (Å²) in [6.45, 7) is 4.35. The lowest BCUT2D eigenvalue weighted by Gasteiger charge is -2.26. The van der Waals surface area contributed by atoms with Crippen LogP contribution in [0.4, 0.5) is 0 Å². The van der Waals surface area contributed by atoms with E-state index in [2.05, 4.69) is 12.2 Å². The van der Waals surface area contributed by atoms with E-state index in [0.29, 0.717) is 6.10 Å². The first-order valence-corrected chi connectivity index (χ1v) is 6.75. The van der Waals surface area contributed by atoms with Crippen molar-refractivity contribution in [3.63, 3.8) is 0 Å². The first-order valence-electron chi connectivity index (χ1n) is 6.75. The number of hydrogen-bond acceptors (Lipinski definition) is 2. The number of nitrogens with one attached hydrogen (secondary N) is 1. The van der Waals surface area contributed by atoms with Crippen molar-refractivity contribution in [2.75, 3.05) is 13.2 Å². The molecule has 0 aromatic carbocycles. The van der Waals surface area contributed by atoms with E-state index in [1.54, 1.807) is 0 Å². The average molecular weight is 211 g/mol. The Labute approximate surface area is 93.8 Å². The Morgan fingerprint density at radius 2 is 2.13 bits per heavy atom. The van der Waals surface area contributed by atoms with E-state index >= 15 is 0 Å². The van der Waals surface area contributed by atoms with E-state index in [4.69, 9.17) is 4.74 Å². The maximum Gasteiger partial charge on any atom is 0.0699 e. The third kappa shape index (κ3) is 3.76. The molecule has 1 heterocycles. The highest BCUT2D eigenvalue weighted by Crippen LogP contribution is 2.34. The van der Waals surface area contributed by atoms with Gasteiger partial charge in [0.1, 0.15) is 0 Å². The van der Waals surface area contributed by atoms with Crippen molar-refractivity contribution in [2.45, 2.75) is 64.0 Å². The van der Waals surface area contributed by atoms with Gasteiger partial charge in [-0.15, -0.1) is 0 Å². The highest BCUT2D eigenvalue weighted by molar-refractivity contribution is 4.86. The number of rotatable bonds is 6. The first kappa shape index (κ1) is 11.4. The number of hydrogen-bond donors (Lipinski definition) is 1. The van der Waals surface area contributed by atoms with Crippen LogP contribution >= 0.6 is 0 Å². The summed E-state index contributed by atoms with van der Waals surface area (Å²) in [4.78, 5) is 0. The SMILES string of the molecule is CCCC(NCC1CCCCO1)C1CC1. The molecule has 2 nitrogen and oxygen atoms in total. The quantitative estimate of drug-likeness (QED) is 0.729. The molecule has 2 rings (SSSR count). The van der Waals surface area contributed by atoms with Crippen molar-refractivity contribution in [2.24, 2.45) is 5.92 Å². The fourth-order valence-corrected chi connectivity index (χ4v) is 2.57. The van der Waals surface area contributed by atoms with Crippen LogP contribution in [0.15, 0.2) is 0 Å². The van der Waals surface area contributed by atoms with E-state index in [1.807, 2.05) is 0 Å². The molecule has 1 N–H and O–H groups in total. The predicted molar refractivity (Wildman–Crippen MR) is 63.0 cm³/mol. The van der Waals surface area contributed by atoms with Crippen molar-refractivity contribution in [3.8, 4) is 0 Å². The van der Waals surface area contributed by atoms with Crippen LogP contribution in [0.1, 0.15) is 51.9 Å². The van der Waals surface area contributed by atoms with Crippen LogP contribution in [0.5, 0.6) is 0 Å². The Morgan fingerprint density at radius 3 is 2.73 bits per heavy atom. The molecular weight excluding hydrogens is 186 g/mol. The molecule has 2 unspecified atom stereocenters. The van der Waals surface area contributed by atoms with Gasteiger partial charge in [-0.1, -0.05) is 13.3 Å². The minimum atomic E-state index is 0.497. The summed E-state index contributed by atoms with van der Waals surface area (Å²) in [6.07, 6.45) is 9.92. The molecule has 0 spiro atoms. The lowest BCUT2D eigenvalue weighted by atomic mass is 10.1. The first-order chi connectivity index (χ1) is 7.40. The van der Waals surface area contributed by atoms with Gasteiger partial charge in [-0.25, -0.2) is 0 Å². The number of ether oxygens (including phenoxy) is 1. The van der Waals surface area contributed by atoms with E-state index in [1.165, 1.54) is 44.9 Å². The minimum absolute atomic E-state index is 0.497. The second kappa shape index (κ2) is 5.86. The summed E-state index contributed by atoms with van der Waals surface area (Å²) in [5, 5.41) is 3.73. The summed E-state index contributed by atoms with van der Waals surface area (Å²) in [5.41, 5.74) is 0. The third-order valence-corrected chi connectivity index (χ3v) is 3.67. The molecule has 1 saturated carbocycles. The second-order valence-electron chi connectivity index (χ2n) is 5.13. The van der Waals surface area contributed by atoms with Crippen LogP contribution in [0.3, 0.4) is 0 Å². The van der Waals surface area contributed by atoms with Crippen LogP contribution in [-0.2, 0) is 4.74 Å². The Hall–Kier alpha value is -0.0800. The van der Waals surface area contributed by atoms with Crippen LogP contribution in [0.25, 0.3) is 0 Å². The summed E-state index contributed by atoms with van der Waals surface area (Å²) < 4.78 is 5.74. The summed E-state index contributed by atoms with van der Waals surface area (Å²) >= 11 is 0. The van der Waals surface area contributed by atoms with Gasteiger partial charge in [-0.2, -0.15) is 0 Å². The Balaban J connectivity index is 1.65. The molecule has 2 atom stereocenters. The van der Waals surface area contributed by atoms with Crippen molar-refractivity contribution < 1.29 is 4.74 Å². The van der Waals surface area contributed by atoms with Gasteiger partial charge in [0.25, 0.3) is 0 Å². The maximum absolute atomic E-state index is 5.74. The lowest BCUT2D eigenvalue weighted by Crippen LogP contribution is -2.39. The molecule has 1 saturated heterocycles. The van der Waals surface area contributed by atoms with Crippen molar-refractivity contribution in [3.05, 3.63) is 0 Å². The van der Waals surface area contributed by atoms with Crippen molar-refractivity contribution in [1.29, 1.82) is 0 Å². The summed E-state index contributed by atoms with van der Waals surface area (Å²) in [5.74, 6) is 0.980. The molecule has 88 valence electrons. The average Bonchev–Trinajstić information content (AvgIpc) is 3.09. The topological polar surface area (TPSA) is 21.3 Å². The van der Waals surface area contributed by atoms with Crippen molar-refractivity contribution >= 4 is 0 Å². The van der Waals surface area contributed by atoms with Gasteiger partial charge in [0.2, 0.25) is 0 Å². The Kier molecular flexibility index (Phi) is 4.45. The molecule has 1 aliphatic carbocycles. The highest BCUT2D eigenvalue weighted by Gasteiger charge is 2.30. The van der Waals surface area contributed by atoms with E-state index in [-0.39, 0.29) is 0 Å². The smallest absolute Gasteiger partial charge is 0.0699 e. The maximum atomic E-state index is 5.74. The molecule has 1 aliphatic heterocycles. The van der Waals surface area contributed by atoms with Crippen LogP contribution < -0.4 is 5.32 Å². The fraction of sp³-hybridized carbons (Fsp3) is 1.00. The van der Waals surface area contributed by atoms with Crippen LogP contribution in [0.2, 0.25) is 0 Å². The standard InChI is InChI=1S/C13H25NO/c1-2-5-13(11-7-8-11)14-10-12-6-3-4-9-15-12/h11-14H,2-10H2,1H3. The molecule has 0 bridgehead atoms. The Bertz CT molecular complexity index is 173. The van der Waals surface area contributed by atoms with Crippen LogP contribution in [-0.4, -0.2) is 25.3 Å². The third-order valence-electron chi connectivity index (χ3n) is 3.67. The van der Waals surface area contributed by atoms with Gasteiger partial charge >= 0.3 is 0 Å². The molecule has 2 fully saturated rings. The zero-order valence-electron chi connectivity index (χ0n) is 10.0. The summed E-state index contributed by atoms with van der Waals surface area (Å²) in [6, 6.07) is 0.778. The fourth-order valence-electron chi connectivity index (χ4n) is 2.57. The minimum Gasteiger partial charge on any atom is -0.377 e. The zero-order valence-corrected chi connectivity index (χ0v) is 10.0. The van der Waals surface area contributed by atoms with Gasteiger partial charge < -0.3 is 10.1 Å². The predicted octanol–water partition coefficient (Wildman–Crippen LogP) is 2.72. The molecule has 0 radical (unpaired) electrons. The van der Waals surface area contributed by atoms with Gasteiger partial charge in [-0.05, 0) is 44.4 Å². The van der Waals surface area contributed by atoms with Gasteiger partial charge in [-0.3, -0.25) is 0 Å². The molecular formula is C13H25NO. The van der Waals surface area contributed by atoms with Gasteiger partial charge in [0, 0.05) is 19.2 Å². The van der Waals surface area contributed by atoms with E-state index in [0.717, 1.165) is 25.1 Å². The molecule has 0 aromatic rings. The molecule has 2 heteroatoms. The summed E-state index contributed by atoms with van der Waals surface area (Å²) in [7, 11) is 0. The van der Waals surface area contributed by atoms with Gasteiger partial charge in [0.05, 0.1) is 6.10 Å². The molecule has 2 aliphatic rings. The van der Waals surface area contributed by atoms with Crippen molar-refractivity contribution in [1.82, 2.24) is 5.32 Å². The lowest BCUT2D eigenvalue weighted by molar-refractivity contribution is 0.0148. The normalized spacial score (nSPS) is 29.0.